The van der Waals surface area contributed by atoms with Gasteiger partial charge >= 0.3 is 0 Å². The number of nitrogens with two attached hydrogens (primary N) is 1. The van der Waals surface area contributed by atoms with Crippen LogP contribution in [0.4, 0.5) is 0 Å². The Morgan fingerprint density at radius 2 is 2.00 bits per heavy atom. The largest absolute Gasteiger partial charge is 0.392 e. The first-order valence-corrected chi connectivity index (χ1v) is 6.75. The minimum atomic E-state index is 0.596. The van der Waals surface area contributed by atoms with Crippen LogP contribution >= 0.6 is 12.2 Å². The van der Waals surface area contributed by atoms with Crippen LogP contribution in [-0.4, -0.2) is 63.8 Å². The van der Waals surface area contributed by atoms with Gasteiger partial charge in [0.15, 0.2) is 0 Å². The Labute approximate surface area is 114 Å². The van der Waals surface area contributed by atoms with Crippen LogP contribution in [0.2, 0.25) is 0 Å². The molecule has 1 aromatic heterocycles. The van der Waals surface area contributed by atoms with E-state index >= 15 is 0 Å². The van der Waals surface area contributed by atoms with Gasteiger partial charge in [0.2, 0.25) is 0 Å². The molecule has 1 aromatic rings. The van der Waals surface area contributed by atoms with Gasteiger partial charge in [0.05, 0.1) is 11.2 Å². The van der Waals surface area contributed by atoms with E-state index in [9.17, 15) is 0 Å². The predicted molar refractivity (Wildman–Crippen MR) is 76.6 cm³/mol. The van der Waals surface area contributed by atoms with Crippen molar-refractivity contribution in [2.45, 2.75) is 6.42 Å². The summed E-state index contributed by atoms with van der Waals surface area (Å²) in [4.78, 5) is 5.41. The van der Waals surface area contributed by atoms with Crippen molar-refractivity contribution in [3.8, 4) is 0 Å². The average Bonchev–Trinajstić information content (AvgIpc) is 2.74. The van der Waals surface area contributed by atoms with Gasteiger partial charge in [-0.2, -0.15) is 5.10 Å². The van der Waals surface area contributed by atoms with Crippen molar-refractivity contribution in [3.05, 3.63) is 18.0 Å². The normalized spacial score (nSPS) is 18.1. The lowest BCUT2D eigenvalue weighted by Crippen LogP contribution is -2.48. The Bertz CT molecular complexity index is 395. The van der Waals surface area contributed by atoms with Crippen molar-refractivity contribution in [1.29, 1.82) is 0 Å². The van der Waals surface area contributed by atoms with Gasteiger partial charge in [0.1, 0.15) is 0 Å². The molecule has 0 bridgehead atoms. The molecule has 2 N–H and O–H groups in total. The molecule has 0 radical (unpaired) electrons. The number of hydrogen-bond acceptors (Lipinski definition) is 4. The lowest BCUT2D eigenvalue weighted by atomic mass is 10.2. The number of nitrogens with zero attached hydrogens (tertiary/aromatic N) is 4. The third-order valence-corrected chi connectivity index (χ3v) is 3.45. The molecular weight excluding hydrogens is 246 g/mol. The van der Waals surface area contributed by atoms with E-state index in [1.807, 2.05) is 17.9 Å². The van der Waals surface area contributed by atoms with Gasteiger partial charge in [-0.25, -0.2) is 0 Å². The maximum absolute atomic E-state index is 5.56. The average molecular weight is 267 g/mol. The fourth-order valence-electron chi connectivity index (χ4n) is 2.28. The molecule has 18 heavy (non-hydrogen) atoms. The van der Waals surface area contributed by atoms with Crippen LogP contribution < -0.4 is 5.73 Å². The van der Waals surface area contributed by atoms with E-state index in [2.05, 4.69) is 21.1 Å². The van der Waals surface area contributed by atoms with Gasteiger partial charge < -0.3 is 10.6 Å². The highest BCUT2D eigenvalue weighted by Crippen LogP contribution is 2.04. The first kappa shape index (κ1) is 13.5. The molecule has 1 aliphatic heterocycles. The lowest BCUT2D eigenvalue weighted by Gasteiger charge is -2.34. The molecule has 0 atom stereocenters. The molecule has 6 heteroatoms. The van der Waals surface area contributed by atoms with Crippen molar-refractivity contribution in [2.24, 2.45) is 12.8 Å². The first-order chi connectivity index (χ1) is 8.63. The van der Waals surface area contributed by atoms with Crippen LogP contribution in [0.3, 0.4) is 0 Å². The Kier molecular flexibility index (Phi) is 4.68. The summed E-state index contributed by atoms with van der Waals surface area (Å²) in [6.45, 7) is 6.18. The third-order valence-electron chi connectivity index (χ3n) is 3.32. The number of thiocarbonyl (C=S) groups is 1. The molecule has 0 saturated carbocycles. The standard InChI is InChI=1S/C12H21N5S/c1-15-9-11(8-14-15)2-3-16-4-6-17(7-5-16)10-12(13)18/h8-9H,2-7,10H2,1H3,(H2,13,18). The molecule has 0 spiro atoms. The fraction of sp³-hybridized carbons (Fsp3) is 0.667. The van der Waals surface area contributed by atoms with Gasteiger partial charge in [0, 0.05) is 52.5 Å². The SMILES string of the molecule is Cn1cc(CCN2CCN(CC(N)=S)CC2)cn1. The number of piperazine rings is 1. The van der Waals surface area contributed by atoms with Gasteiger partial charge in [0.25, 0.3) is 0 Å². The Balaban J connectivity index is 1.69. The fourth-order valence-corrected chi connectivity index (χ4v) is 2.46. The van der Waals surface area contributed by atoms with Gasteiger partial charge in [-0.3, -0.25) is 9.58 Å². The van der Waals surface area contributed by atoms with E-state index in [0.717, 1.165) is 45.7 Å². The summed E-state index contributed by atoms with van der Waals surface area (Å²) in [7, 11) is 1.96. The van der Waals surface area contributed by atoms with E-state index in [-0.39, 0.29) is 0 Å². The Hall–Kier alpha value is -0.980. The maximum Gasteiger partial charge on any atom is 0.0870 e. The minimum Gasteiger partial charge on any atom is -0.392 e. The highest BCUT2D eigenvalue weighted by Gasteiger charge is 2.16. The Morgan fingerprint density at radius 1 is 1.33 bits per heavy atom. The molecule has 0 aromatic carbocycles. The molecule has 1 saturated heterocycles. The van der Waals surface area contributed by atoms with Crippen molar-refractivity contribution < 1.29 is 0 Å². The second-order valence-corrected chi connectivity index (χ2v) is 5.38. The topological polar surface area (TPSA) is 50.3 Å². The van der Waals surface area contributed by atoms with Crippen LogP contribution in [0.25, 0.3) is 0 Å². The number of rotatable bonds is 5. The van der Waals surface area contributed by atoms with Gasteiger partial charge in [-0.1, -0.05) is 12.2 Å². The zero-order valence-electron chi connectivity index (χ0n) is 10.9. The number of aromatic nitrogens is 2. The molecule has 0 aliphatic carbocycles. The van der Waals surface area contributed by atoms with Crippen LogP contribution in [0.1, 0.15) is 5.56 Å². The molecule has 0 amide bonds. The van der Waals surface area contributed by atoms with E-state index in [4.69, 9.17) is 18.0 Å². The molecule has 0 unspecified atom stereocenters. The van der Waals surface area contributed by atoms with Crippen LogP contribution in [-0.2, 0) is 13.5 Å². The summed E-state index contributed by atoms with van der Waals surface area (Å²) in [5, 5.41) is 4.19. The van der Waals surface area contributed by atoms with Crippen molar-refractivity contribution in [1.82, 2.24) is 19.6 Å². The number of hydrogen-bond donors (Lipinski definition) is 1. The summed E-state index contributed by atoms with van der Waals surface area (Å²) in [6, 6.07) is 0. The monoisotopic (exact) mass is 267 g/mol. The van der Waals surface area contributed by atoms with E-state index in [0.29, 0.717) is 4.99 Å². The smallest absolute Gasteiger partial charge is 0.0870 e. The van der Waals surface area contributed by atoms with E-state index < -0.39 is 0 Å². The molecule has 100 valence electrons. The Morgan fingerprint density at radius 3 is 2.56 bits per heavy atom. The quantitative estimate of drug-likeness (QED) is 0.753. The summed E-state index contributed by atoms with van der Waals surface area (Å²) in [6.07, 6.45) is 5.11. The zero-order chi connectivity index (χ0) is 13.0. The summed E-state index contributed by atoms with van der Waals surface area (Å²) < 4.78 is 1.86. The first-order valence-electron chi connectivity index (χ1n) is 6.34. The summed E-state index contributed by atoms with van der Waals surface area (Å²) in [5.74, 6) is 0. The van der Waals surface area contributed by atoms with Crippen molar-refractivity contribution >= 4 is 17.2 Å². The minimum absolute atomic E-state index is 0.596. The van der Waals surface area contributed by atoms with Gasteiger partial charge in [-0.05, 0) is 12.0 Å². The summed E-state index contributed by atoms with van der Waals surface area (Å²) >= 11 is 4.94. The lowest BCUT2D eigenvalue weighted by molar-refractivity contribution is 0.147. The molecular formula is C12H21N5S. The predicted octanol–water partition coefficient (Wildman–Crippen LogP) is -0.134. The molecule has 5 nitrogen and oxygen atoms in total. The second kappa shape index (κ2) is 6.26. The van der Waals surface area contributed by atoms with Crippen molar-refractivity contribution in [3.63, 3.8) is 0 Å². The highest BCUT2D eigenvalue weighted by atomic mass is 32.1. The third kappa shape index (κ3) is 4.04. The van der Waals surface area contributed by atoms with Gasteiger partial charge in [-0.15, -0.1) is 0 Å². The molecule has 1 aliphatic rings. The molecule has 1 fully saturated rings. The molecule has 2 rings (SSSR count). The van der Waals surface area contributed by atoms with E-state index in [1.165, 1.54) is 5.56 Å². The van der Waals surface area contributed by atoms with Crippen LogP contribution in [0.5, 0.6) is 0 Å². The maximum atomic E-state index is 5.56. The van der Waals surface area contributed by atoms with E-state index in [1.54, 1.807) is 0 Å². The molecule has 2 heterocycles. The number of aryl methyl sites for hydroxylation is 1. The second-order valence-electron chi connectivity index (χ2n) is 4.86. The van der Waals surface area contributed by atoms with Crippen LogP contribution in [0.15, 0.2) is 12.4 Å². The zero-order valence-corrected chi connectivity index (χ0v) is 11.7. The highest BCUT2D eigenvalue weighted by molar-refractivity contribution is 7.80. The van der Waals surface area contributed by atoms with Crippen molar-refractivity contribution in [2.75, 3.05) is 39.3 Å². The van der Waals surface area contributed by atoms with Crippen LogP contribution in [0, 0.1) is 0 Å². The summed E-state index contributed by atoms with van der Waals surface area (Å²) in [5.41, 5.74) is 6.87.